The van der Waals surface area contributed by atoms with Crippen molar-refractivity contribution in [1.82, 2.24) is 20.9 Å². The monoisotopic (exact) mass is 675 g/mol. The van der Waals surface area contributed by atoms with Crippen molar-refractivity contribution in [2.75, 3.05) is 13.6 Å². The minimum Gasteiger partial charge on any atom is -0.387 e. The molecule has 0 radical (unpaired) electrons. The van der Waals surface area contributed by atoms with Gasteiger partial charge in [0.05, 0.1) is 23.3 Å². The van der Waals surface area contributed by atoms with Gasteiger partial charge in [-0.3, -0.25) is 24.0 Å². The summed E-state index contributed by atoms with van der Waals surface area (Å²) in [6, 6.07) is 1.06. The van der Waals surface area contributed by atoms with Gasteiger partial charge in [0.2, 0.25) is 23.5 Å². The lowest BCUT2D eigenvalue weighted by Crippen LogP contribution is -2.59. The van der Waals surface area contributed by atoms with Crippen LogP contribution in [0.1, 0.15) is 97.5 Å². The quantitative estimate of drug-likeness (QED) is 0.302. The Hall–Kier alpha value is -3.54. The fourth-order valence-electron chi connectivity index (χ4n) is 6.75. The van der Waals surface area contributed by atoms with E-state index in [1.807, 2.05) is 27.7 Å². The summed E-state index contributed by atoms with van der Waals surface area (Å²) in [7, 11) is 1.34. The second-order valence-electron chi connectivity index (χ2n) is 14.2. The summed E-state index contributed by atoms with van der Waals surface area (Å²) < 4.78 is 13.9. The summed E-state index contributed by atoms with van der Waals surface area (Å²) in [5.41, 5.74) is -0.792. The minimum atomic E-state index is -1.10. The molecule has 1 aromatic rings. The van der Waals surface area contributed by atoms with Gasteiger partial charge in [-0.15, -0.1) is 0 Å². The van der Waals surface area contributed by atoms with Gasteiger partial charge in [0.25, 0.3) is 5.91 Å². The van der Waals surface area contributed by atoms with Crippen LogP contribution < -0.4 is 16.0 Å². The molecule has 2 aliphatic heterocycles. The molecular formula is C34H47ClFN5O6. The maximum atomic E-state index is 14.5. The molecule has 1 saturated heterocycles. The summed E-state index contributed by atoms with van der Waals surface area (Å²) in [6.45, 7) is 7.35. The predicted octanol–water partition coefficient (Wildman–Crippen LogP) is 4.04. The molecule has 11 nitrogen and oxygen atoms in total. The number of likely N-dealkylation sites (N-methyl/N-ethyl adjacent to an activating group) is 1. The van der Waals surface area contributed by atoms with Crippen LogP contribution in [-0.2, 0) is 28.8 Å². The number of hydrogen-bond acceptors (Lipinski definition) is 7. The average Bonchev–Trinajstić information content (AvgIpc) is 3.63. The fraction of sp³-hybridized carbons (Fsp3) is 0.647. The number of nitrogens with one attached hydrogen (secondary N) is 3. The smallest absolute Gasteiger partial charge is 0.289 e. The Morgan fingerprint density at radius 2 is 1.83 bits per heavy atom. The van der Waals surface area contributed by atoms with Crippen LogP contribution >= 0.6 is 11.6 Å². The van der Waals surface area contributed by atoms with E-state index in [2.05, 4.69) is 21.1 Å². The van der Waals surface area contributed by atoms with E-state index in [4.69, 9.17) is 16.4 Å². The number of hydrogen-bond donors (Lipinski definition) is 3. The van der Waals surface area contributed by atoms with Gasteiger partial charge in [-0.1, -0.05) is 76.2 Å². The number of amides is 4. The number of benzene rings is 1. The lowest BCUT2D eigenvalue weighted by molar-refractivity contribution is -0.145. The van der Waals surface area contributed by atoms with Crippen LogP contribution in [0.3, 0.4) is 0 Å². The molecule has 1 aromatic carbocycles. The summed E-state index contributed by atoms with van der Waals surface area (Å²) in [5.74, 6) is -3.22. The molecule has 2 fully saturated rings. The van der Waals surface area contributed by atoms with E-state index in [1.54, 1.807) is 0 Å². The second-order valence-corrected chi connectivity index (χ2v) is 14.6. The van der Waals surface area contributed by atoms with Crippen LogP contribution in [0.5, 0.6) is 0 Å². The first-order valence-electron chi connectivity index (χ1n) is 16.5. The van der Waals surface area contributed by atoms with Gasteiger partial charge in [0, 0.05) is 31.9 Å². The number of oxime groups is 1. The first-order chi connectivity index (χ1) is 22.2. The van der Waals surface area contributed by atoms with Crippen LogP contribution in [0.25, 0.3) is 0 Å². The molecule has 4 amide bonds. The zero-order chi connectivity index (χ0) is 34.5. The van der Waals surface area contributed by atoms with Crippen molar-refractivity contribution >= 4 is 46.7 Å². The summed E-state index contributed by atoms with van der Waals surface area (Å²) in [4.78, 5) is 74.1. The number of Topliss-reactive ketones (excluding diaryl/α,β-unsaturated/α-hetero) is 1. The molecule has 4 atom stereocenters. The highest BCUT2D eigenvalue weighted by atomic mass is 35.5. The molecule has 0 unspecified atom stereocenters. The standard InChI is InChI=1S/C34H47ClFN5O6/c1-6-10-24(28(43)31(45)37-5)38-30(44)26-18-34(17-25(40-47-34)21-13-14-23(36)22(35)16-21)19-41(26)32(46)29(33(2,3)4)39-27(42)15-20-11-8-7-9-12-20/h13-14,16,20,24,26,29H,6-12,15,17-19H2,1-5H3,(H,37,45)(H,38,44)(H,39,42)/t24-,26-,29+,34+/m0/s1. The normalized spacial score (nSPS) is 22.7. The first-order valence-corrected chi connectivity index (χ1v) is 16.9. The van der Waals surface area contributed by atoms with Crippen LogP contribution in [0.15, 0.2) is 23.4 Å². The van der Waals surface area contributed by atoms with Crippen molar-refractivity contribution in [3.8, 4) is 0 Å². The zero-order valence-corrected chi connectivity index (χ0v) is 28.7. The van der Waals surface area contributed by atoms with Crippen LogP contribution in [0.4, 0.5) is 4.39 Å². The Labute approximate surface area is 280 Å². The summed E-state index contributed by atoms with van der Waals surface area (Å²) in [5, 5.41) is 12.2. The minimum absolute atomic E-state index is 0.0290. The van der Waals surface area contributed by atoms with E-state index in [0.29, 0.717) is 24.1 Å². The average molecular weight is 676 g/mol. The Bertz CT molecular complexity index is 1410. The lowest BCUT2D eigenvalue weighted by atomic mass is 9.84. The molecule has 1 aliphatic carbocycles. The Morgan fingerprint density at radius 3 is 2.45 bits per heavy atom. The number of rotatable bonds is 11. The van der Waals surface area contributed by atoms with E-state index >= 15 is 0 Å². The third kappa shape index (κ3) is 8.69. The molecule has 2 heterocycles. The molecule has 3 N–H and O–H groups in total. The first kappa shape index (κ1) is 36.3. The van der Waals surface area contributed by atoms with Crippen molar-refractivity contribution in [3.63, 3.8) is 0 Å². The second kappa shape index (κ2) is 15.1. The molecule has 4 rings (SSSR count). The van der Waals surface area contributed by atoms with Crippen molar-refractivity contribution in [2.24, 2.45) is 16.5 Å². The molecule has 0 aromatic heterocycles. The third-order valence-electron chi connectivity index (χ3n) is 9.36. The number of likely N-dealkylation sites (tertiary alicyclic amines) is 1. The van der Waals surface area contributed by atoms with Gasteiger partial charge in [0.1, 0.15) is 17.9 Å². The van der Waals surface area contributed by atoms with Gasteiger partial charge < -0.3 is 25.7 Å². The van der Waals surface area contributed by atoms with Crippen LogP contribution in [0.2, 0.25) is 5.02 Å². The maximum absolute atomic E-state index is 14.5. The van der Waals surface area contributed by atoms with Crippen molar-refractivity contribution in [3.05, 3.63) is 34.6 Å². The van der Waals surface area contributed by atoms with E-state index in [1.165, 1.54) is 30.1 Å². The molecule has 258 valence electrons. The highest BCUT2D eigenvalue weighted by Gasteiger charge is 2.55. The zero-order valence-electron chi connectivity index (χ0n) is 27.9. The van der Waals surface area contributed by atoms with Gasteiger partial charge in [-0.2, -0.15) is 0 Å². The molecule has 47 heavy (non-hydrogen) atoms. The van der Waals surface area contributed by atoms with Crippen LogP contribution in [0, 0.1) is 17.2 Å². The lowest BCUT2D eigenvalue weighted by Gasteiger charge is -2.36. The van der Waals surface area contributed by atoms with E-state index < -0.39 is 58.5 Å². The van der Waals surface area contributed by atoms with Crippen molar-refractivity contribution in [2.45, 2.75) is 116 Å². The summed E-state index contributed by atoms with van der Waals surface area (Å²) >= 11 is 6.02. The fourth-order valence-corrected chi connectivity index (χ4v) is 6.93. The third-order valence-corrected chi connectivity index (χ3v) is 9.65. The highest BCUT2D eigenvalue weighted by molar-refractivity contribution is 6.38. The maximum Gasteiger partial charge on any atom is 0.289 e. The SMILES string of the molecule is CCC[C@H](NC(=O)[C@@H]1C[C@]2(CC(c3ccc(F)c(Cl)c3)=NO2)CN1C(=O)[C@@H](NC(=O)CC1CCCCC1)C(C)(C)C)C(=O)C(=O)NC. The van der Waals surface area contributed by atoms with Gasteiger partial charge in [0.15, 0.2) is 5.60 Å². The predicted molar refractivity (Wildman–Crippen MR) is 175 cm³/mol. The summed E-state index contributed by atoms with van der Waals surface area (Å²) in [6.07, 6.45) is 6.59. The number of carbonyl (C=O) groups excluding carboxylic acids is 5. The largest absolute Gasteiger partial charge is 0.387 e. The molecular weight excluding hydrogens is 629 g/mol. The number of halogens is 2. The van der Waals surface area contributed by atoms with E-state index in [9.17, 15) is 28.4 Å². The topological polar surface area (TPSA) is 146 Å². The Balaban J connectivity index is 1.61. The number of carbonyl (C=O) groups is 5. The molecule has 1 saturated carbocycles. The highest BCUT2D eigenvalue weighted by Crippen LogP contribution is 2.40. The molecule has 0 bridgehead atoms. The Kier molecular flexibility index (Phi) is 11.7. The van der Waals surface area contributed by atoms with E-state index in [0.717, 1.165) is 32.1 Å². The van der Waals surface area contributed by atoms with Gasteiger partial charge >= 0.3 is 0 Å². The Morgan fingerprint density at radius 1 is 1.13 bits per heavy atom. The molecule has 3 aliphatic rings. The number of nitrogens with zero attached hydrogens (tertiary/aromatic N) is 2. The van der Waals surface area contributed by atoms with E-state index in [-0.39, 0.29) is 42.7 Å². The van der Waals surface area contributed by atoms with Crippen molar-refractivity contribution in [1.29, 1.82) is 0 Å². The van der Waals surface area contributed by atoms with Gasteiger partial charge in [-0.25, -0.2) is 4.39 Å². The molecule has 13 heteroatoms. The van der Waals surface area contributed by atoms with Gasteiger partial charge in [-0.05, 0) is 42.7 Å². The van der Waals surface area contributed by atoms with Crippen molar-refractivity contribution < 1.29 is 33.2 Å². The molecule has 1 spiro atoms. The van der Waals surface area contributed by atoms with Crippen LogP contribution in [-0.4, -0.2) is 77.3 Å². The number of ketones is 1.